The molecule has 1 aromatic rings. The molecule has 0 amide bonds. The molecular weight excluding hydrogens is 226 g/mol. The molecule has 0 bridgehead atoms. The largest absolute Gasteiger partial charge is 0.318 e. The van der Waals surface area contributed by atoms with Gasteiger partial charge in [-0.25, -0.2) is 9.67 Å². The molecule has 1 aromatic heterocycles. The zero-order valence-electron chi connectivity index (χ0n) is 12.2. The first-order valence-electron chi connectivity index (χ1n) is 6.91. The van der Waals surface area contributed by atoms with Gasteiger partial charge >= 0.3 is 0 Å². The molecular formula is C13H27N5. The van der Waals surface area contributed by atoms with Crippen LogP contribution in [0.3, 0.4) is 0 Å². The summed E-state index contributed by atoms with van der Waals surface area (Å²) in [6.45, 7) is 11.6. The molecule has 5 heteroatoms. The Hall–Kier alpha value is -0.940. The summed E-state index contributed by atoms with van der Waals surface area (Å²) in [5, 5.41) is 7.51. The molecule has 0 saturated heterocycles. The van der Waals surface area contributed by atoms with Gasteiger partial charge in [-0.15, -0.1) is 0 Å². The van der Waals surface area contributed by atoms with E-state index in [4.69, 9.17) is 0 Å². The van der Waals surface area contributed by atoms with E-state index >= 15 is 0 Å². The van der Waals surface area contributed by atoms with Crippen LogP contribution in [0.15, 0.2) is 6.33 Å². The third-order valence-electron chi connectivity index (χ3n) is 2.82. The van der Waals surface area contributed by atoms with E-state index in [0.29, 0.717) is 5.92 Å². The SMILES string of the molecule is CCCN(CCNC)Cc1ncnn1CC(C)C. The van der Waals surface area contributed by atoms with Gasteiger partial charge in [-0.1, -0.05) is 20.8 Å². The molecule has 5 nitrogen and oxygen atoms in total. The van der Waals surface area contributed by atoms with Crippen molar-refractivity contribution < 1.29 is 0 Å². The Bertz CT molecular complexity index is 321. The quantitative estimate of drug-likeness (QED) is 0.722. The standard InChI is InChI=1S/C13H27N5/c1-5-7-17(8-6-14-4)10-13-15-11-16-18(13)9-12(2)3/h11-12,14H,5-10H2,1-4H3. The molecule has 1 rings (SSSR count). The predicted octanol–water partition coefficient (Wildman–Crippen LogP) is 1.37. The Kier molecular flexibility index (Phi) is 6.90. The zero-order chi connectivity index (χ0) is 13.4. The molecule has 1 N–H and O–H groups in total. The van der Waals surface area contributed by atoms with Crippen LogP contribution >= 0.6 is 0 Å². The van der Waals surface area contributed by atoms with Gasteiger partial charge in [-0.3, -0.25) is 4.90 Å². The number of rotatable bonds is 9. The summed E-state index contributed by atoms with van der Waals surface area (Å²) in [5.41, 5.74) is 0. The summed E-state index contributed by atoms with van der Waals surface area (Å²) in [7, 11) is 1.99. The van der Waals surface area contributed by atoms with Crippen LogP contribution in [-0.4, -0.2) is 46.3 Å². The topological polar surface area (TPSA) is 46.0 Å². The monoisotopic (exact) mass is 253 g/mol. The van der Waals surface area contributed by atoms with Gasteiger partial charge in [0.1, 0.15) is 12.2 Å². The number of nitrogens with one attached hydrogen (secondary N) is 1. The summed E-state index contributed by atoms with van der Waals surface area (Å²) in [5.74, 6) is 1.68. The minimum Gasteiger partial charge on any atom is -0.318 e. The van der Waals surface area contributed by atoms with Crippen molar-refractivity contribution in [3.63, 3.8) is 0 Å². The van der Waals surface area contributed by atoms with Crippen LogP contribution in [0.5, 0.6) is 0 Å². The number of nitrogens with zero attached hydrogens (tertiary/aromatic N) is 4. The molecule has 0 fully saturated rings. The number of hydrogen-bond donors (Lipinski definition) is 1. The maximum absolute atomic E-state index is 4.39. The molecule has 0 spiro atoms. The van der Waals surface area contributed by atoms with Gasteiger partial charge in [0.15, 0.2) is 0 Å². The molecule has 0 aliphatic rings. The molecule has 0 atom stereocenters. The van der Waals surface area contributed by atoms with Crippen molar-refractivity contribution in [3.8, 4) is 0 Å². The maximum Gasteiger partial charge on any atom is 0.141 e. The fourth-order valence-corrected chi connectivity index (χ4v) is 1.96. The third kappa shape index (κ3) is 5.14. The first-order valence-corrected chi connectivity index (χ1v) is 6.91. The maximum atomic E-state index is 4.39. The van der Waals surface area contributed by atoms with E-state index in [0.717, 1.165) is 38.5 Å². The highest BCUT2D eigenvalue weighted by Gasteiger charge is 2.11. The van der Waals surface area contributed by atoms with Crippen LogP contribution in [0.25, 0.3) is 0 Å². The average Bonchev–Trinajstić information content (AvgIpc) is 2.73. The molecule has 18 heavy (non-hydrogen) atoms. The summed E-state index contributed by atoms with van der Waals surface area (Å²) < 4.78 is 2.03. The highest BCUT2D eigenvalue weighted by molar-refractivity contribution is 4.85. The Morgan fingerprint density at radius 1 is 1.39 bits per heavy atom. The third-order valence-corrected chi connectivity index (χ3v) is 2.82. The molecule has 0 aliphatic heterocycles. The van der Waals surface area contributed by atoms with Crippen molar-refractivity contribution in [3.05, 3.63) is 12.2 Å². The van der Waals surface area contributed by atoms with Gasteiger partial charge in [-0.2, -0.15) is 5.10 Å². The van der Waals surface area contributed by atoms with Crippen LogP contribution in [-0.2, 0) is 13.1 Å². The van der Waals surface area contributed by atoms with Gasteiger partial charge in [0.2, 0.25) is 0 Å². The first kappa shape index (κ1) is 15.1. The Labute approximate surface area is 111 Å². The summed E-state index contributed by atoms with van der Waals surface area (Å²) in [4.78, 5) is 6.82. The predicted molar refractivity (Wildman–Crippen MR) is 74.4 cm³/mol. The molecule has 0 saturated carbocycles. The fraction of sp³-hybridized carbons (Fsp3) is 0.846. The van der Waals surface area contributed by atoms with Gasteiger partial charge in [0.05, 0.1) is 6.54 Å². The van der Waals surface area contributed by atoms with Crippen molar-refractivity contribution in [2.24, 2.45) is 5.92 Å². The lowest BCUT2D eigenvalue weighted by atomic mass is 10.2. The number of hydrogen-bond acceptors (Lipinski definition) is 4. The van der Waals surface area contributed by atoms with E-state index < -0.39 is 0 Å². The minimum atomic E-state index is 0.599. The van der Waals surface area contributed by atoms with Crippen LogP contribution in [0.1, 0.15) is 33.0 Å². The van der Waals surface area contributed by atoms with Gasteiger partial charge in [-0.05, 0) is 25.9 Å². The first-order chi connectivity index (χ1) is 8.67. The summed E-state index contributed by atoms with van der Waals surface area (Å²) in [6, 6.07) is 0. The van der Waals surface area contributed by atoms with Crippen LogP contribution in [0.2, 0.25) is 0 Å². The Balaban J connectivity index is 2.59. The Morgan fingerprint density at radius 3 is 2.78 bits per heavy atom. The lowest BCUT2D eigenvalue weighted by molar-refractivity contribution is 0.254. The van der Waals surface area contributed by atoms with Gasteiger partial charge in [0, 0.05) is 19.6 Å². The van der Waals surface area contributed by atoms with E-state index in [1.165, 1.54) is 6.42 Å². The minimum absolute atomic E-state index is 0.599. The van der Waals surface area contributed by atoms with E-state index in [-0.39, 0.29) is 0 Å². The molecule has 0 unspecified atom stereocenters. The molecule has 1 heterocycles. The molecule has 0 aromatic carbocycles. The highest BCUT2D eigenvalue weighted by atomic mass is 15.3. The van der Waals surface area contributed by atoms with Crippen LogP contribution < -0.4 is 5.32 Å². The van der Waals surface area contributed by atoms with Gasteiger partial charge < -0.3 is 5.32 Å². The zero-order valence-corrected chi connectivity index (χ0v) is 12.2. The second kappa shape index (κ2) is 8.21. The lowest BCUT2D eigenvalue weighted by Gasteiger charge is -2.21. The molecule has 0 aliphatic carbocycles. The van der Waals surface area contributed by atoms with E-state index in [9.17, 15) is 0 Å². The summed E-state index contributed by atoms with van der Waals surface area (Å²) >= 11 is 0. The van der Waals surface area contributed by atoms with E-state index in [1.54, 1.807) is 6.33 Å². The van der Waals surface area contributed by atoms with Crippen molar-refractivity contribution in [2.75, 3.05) is 26.7 Å². The van der Waals surface area contributed by atoms with E-state index in [2.05, 4.69) is 41.1 Å². The number of likely N-dealkylation sites (N-methyl/N-ethyl adjacent to an activating group) is 1. The molecule has 104 valence electrons. The molecule has 0 radical (unpaired) electrons. The normalized spacial score (nSPS) is 11.7. The van der Waals surface area contributed by atoms with Gasteiger partial charge in [0.25, 0.3) is 0 Å². The fourth-order valence-electron chi connectivity index (χ4n) is 1.96. The Morgan fingerprint density at radius 2 is 2.17 bits per heavy atom. The van der Waals surface area contributed by atoms with Crippen molar-refractivity contribution in [2.45, 2.75) is 40.3 Å². The van der Waals surface area contributed by atoms with Crippen LogP contribution in [0, 0.1) is 5.92 Å². The second-order valence-electron chi connectivity index (χ2n) is 5.13. The van der Waals surface area contributed by atoms with Crippen molar-refractivity contribution >= 4 is 0 Å². The van der Waals surface area contributed by atoms with Crippen LogP contribution in [0.4, 0.5) is 0 Å². The summed E-state index contributed by atoms with van der Waals surface area (Å²) in [6.07, 6.45) is 2.84. The van der Waals surface area contributed by atoms with Crippen molar-refractivity contribution in [1.29, 1.82) is 0 Å². The second-order valence-corrected chi connectivity index (χ2v) is 5.13. The average molecular weight is 253 g/mol. The lowest BCUT2D eigenvalue weighted by Crippen LogP contribution is -2.32. The number of aromatic nitrogens is 3. The van der Waals surface area contributed by atoms with Crippen molar-refractivity contribution in [1.82, 2.24) is 25.0 Å². The smallest absolute Gasteiger partial charge is 0.141 e. The highest BCUT2D eigenvalue weighted by Crippen LogP contribution is 2.05. The van der Waals surface area contributed by atoms with E-state index in [1.807, 2.05) is 11.7 Å².